The highest BCUT2D eigenvalue weighted by molar-refractivity contribution is 5.89. The maximum Gasteiger partial charge on any atom is 0.411 e. The smallest absolute Gasteiger partial charge is 0.411 e. The van der Waals surface area contributed by atoms with Crippen LogP contribution in [0.15, 0.2) is 42.5 Å². The van der Waals surface area contributed by atoms with Gasteiger partial charge in [0.25, 0.3) is 0 Å². The Balaban J connectivity index is 0.00000264. The fourth-order valence-electron chi connectivity index (χ4n) is 1.87. The van der Waals surface area contributed by atoms with Gasteiger partial charge in [0, 0.05) is 12.2 Å². The first-order valence-corrected chi connectivity index (χ1v) is 6.90. The third-order valence-electron chi connectivity index (χ3n) is 2.97. The van der Waals surface area contributed by atoms with E-state index < -0.39 is 6.09 Å². The molecule has 2 aromatic carbocycles. The van der Waals surface area contributed by atoms with Crippen LogP contribution < -0.4 is 16.4 Å². The number of anilines is 3. The van der Waals surface area contributed by atoms with E-state index in [0.29, 0.717) is 24.5 Å². The monoisotopic (exact) mass is 375 g/mol. The zero-order valence-electron chi connectivity index (χ0n) is 13.0. The van der Waals surface area contributed by atoms with Crippen molar-refractivity contribution in [1.29, 1.82) is 0 Å². The molecule has 0 radical (unpaired) electrons. The van der Waals surface area contributed by atoms with Crippen LogP contribution in [0.1, 0.15) is 12.5 Å². The summed E-state index contributed by atoms with van der Waals surface area (Å²) in [5.41, 5.74) is 8.57. The molecule has 0 aliphatic rings. The zero-order valence-corrected chi connectivity index (χ0v) is 14.7. The van der Waals surface area contributed by atoms with Crippen molar-refractivity contribution in [3.63, 3.8) is 0 Å². The van der Waals surface area contributed by atoms with Crippen molar-refractivity contribution in [1.82, 2.24) is 0 Å². The van der Waals surface area contributed by atoms with Gasteiger partial charge in [-0.2, -0.15) is 0 Å². The molecule has 0 aromatic heterocycles. The maximum atomic E-state index is 12.8. The summed E-state index contributed by atoms with van der Waals surface area (Å²) in [6, 6.07) is 11.5. The van der Waals surface area contributed by atoms with Crippen LogP contribution in [0.2, 0.25) is 0 Å². The SMILES string of the molecule is CCOC(=O)Nc1ccc(NCc2ccc(F)cc2)cc1N.Cl.Cl. The Bertz CT molecular complexity index is 654. The molecule has 0 atom stereocenters. The van der Waals surface area contributed by atoms with Gasteiger partial charge < -0.3 is 15.8 Å². The molecule has 5 nitrogen and oxygen atoms in total. The number of amides is 1. The molecule has 24 heavy (non-hydrogen) atoms. The lowest BCUT2D eigenvalue weighted by molar-refractivity contribution is 0.168. The number of nitrogens with two attached hydrogens (primary N) is 1. The van der Waals surface area contributed by atoms with Gasteiger partial charge in [0.1, 0.15) is 5.82 Å². The Morgan fingerprint density at radius 1 is 1.17 bits per heavy atom. The Hall–Kier alpha value is -2.18. The molecule has 0 bridgehead atoms. The molecule has 8 heteroatoms. The number of carbonyl (C=O) groups excluding carboxylic acids is 1. The van der Waals surface area contributed by atoms with Gasteiger partial charge in [-0.3, -0.25) is 5.32 Å². The molecule has 0 aliphatic carbocycles. The molecule has 2 aromatic rings. The highest BCUT2D eigenvalue weighted by Crippen LogP contribution is 2.23. The largest absolute Gasteiger partial charge is 0.450 e. The highest BCUT2D eigenvalue weighted by Gasteiger charge is 2.06. The van der Waals surface area contributed by atoms with E-state index in [1.807, 2.05) is 0 Å². The second kappa shape index (κ2) is 10.6. The summed E-state index contributed by atoms with van der Waals surface area (Å²) in [4.78, 5) is 11.4. The molecule has 0 aliphatic heterocycles. The molecule has 0 unspecified atom stereocenters. The number of halogens is 3. The van der Waals surface area contributed by atoms with Crippen LogP contribution >= 0.6 is 24.8 Å². The second-order valence-electron chi connectivity index (χ2n) is 4.63. The van der Waals surface area contributed by atoms with Gasteiger partial charge in [-0.1, -0.05) is 12.1 Å². The van der Waals surface area contributed by atoms with Crippen molar-refractivity contribution in [2.45, 2.75) is 13.5 Å². The van der Waals surface area contributed by atoms with Crippen LogP contribution in [0, 0.1) is 5.82 Å². The van der Waals surface area contributed by atoms with Crippen LogP contribution in [0.25, 0.3) is 0 Å². The van der Waals surface area contributed by atoms with Gasteiger partial charge >= 0.3 is 6.09 Å². The number of carbonyl (C=O) groups is 1. The third kappa shape index (κ3) is 6.52. The number of hydrogen-bond donors (Lipinski definition) is 3. The summed E-state index contributed by atoms with van der Waals surface area (Å²) in [6.45, 7) is 2.57. The van der Waals surface area contributed by atoms with E-state index in [0.717, 1.165) is 11.3 Å². The molecular formula is C16H20Cl2FN3O2. The van der Waals surface area contributed by atoms with Crippen LogP contribution in [0.4, 0.5) is 26.2 Å². The predicted molar refractivity (Wildman–Crippen MR) is 99.7 cm³/mol. The second-order valence-corrected chi connectivity index (χ2v) is 4.63. The van der Waals surface area contributed by atoms with Crippen LogP contribution in [0.3, 0.4) is 0 Å². The van der Waals surface area contributed by atoms with E-state index in [1.165, 1.54) is 12.1 Å². The third-order valence-corrected chi connectivity index (χ3v) is 2.97. The minimum absolute atomic E-state index is 0. The van der Waals surface area contributed by atoms with Crippen LogP contribution in [0.5, 0.6) is 0 Å². The average molecular weight is 376 g/mol. The lowest BCUT2D eigenvalue weighted by Crippen LogP contribution is -2.14. The van der Waals surface area contributed by atoms with E-state index >= 15 is 0 Å². The first kappa shape index (κ1) is 21.8. The van der Waals surface area contributed by atoms with Crippen molar-refractivity contribution in [2.24, 2.45) is 0 Å². The molecule has 0 spiro atoms. The topological polar surface area (TPSA) is 76.4 Å². The highest BCUT2D eigenvalue weighted by atomic mass is 35.5. The molecule has 1 amide bonds. The van der Waals surface area contributed by atoms with E-state index in [-0.39, 0.29) is 30.6 Å². The molecule has 0 heterocycles. The van der Waals surface area contributed by atoms with Crippen LogP contribution in [-0.4, -0.2) is 12.7 Å². The lowest BCUT2D eigenvalue weighted by atomic mass is 10.2. The van der Waals surface area contributed by atoms with Crippen molar-refractivity contribution in [3.8, 4) is 0 Å². The number of nitrogens with one attached hydrogen (secondary N) is 2. The van der Waals surface area contributed by atoms with Crippen molar-refractivity contribution in [3.05, 3.63) is 53.8 Å². The summed E-state index contributed by atoms with van der Waals surface area (Å²) >= 11 is 0. The summed E-state index contributed by atoms with van der Waals surface area (Å²) in [6.07, 6.45) is -0.541. The number of rotatable bonds is 5. The normalized spacial score (nSPS) is 9.25. The van der Waals surface area contributed by atoms with Gasteiger partial charge in [0.2, 0.25) is 0 Å². The fourth-order valence-corrected chi connectivity index (χ4v) is 1.87. The molecule has 2 rings (SSSR count). The molecule has 132 valence electrons. The fraction of sp³-hybridized carbons (Fsp3) is 0.188. The Labute approximate surface area is 152 Å². The standard InChI is InChI=1S/C16H18FN3O2.2ClH/c1-2-22-16(21)20-15-8-7-13(9-14(15)18)19-10-11-3-5-12(17)6-4-11;;/h3-9,19H,2,10,18H2,1H3,(H,20,21);2*1H. The van der Waals surface area contributed by atoms with E-state index in [2.05, 4.69) is 10.6 Å². The van der Waals surface area contributed by atoms with Crippen molar-refractivity contribution < 1.29 is 13.9 Å². The number of hydrogen-bond acceptors (Lipinski definition) is 4. The summed E-state index contributed by atoms with van der Waals surface area (Å²) in [5.74, 6) is -0.262. The number of ether oxygens (including phenoxy) is 1. The number of benzene rings is 2. The summed E-state index contributed by atoms with van der Waals surface area (Å²) in [7, 11) is 0. The van der Waals surface area contributed by atoms with E-state index in [4.69, 9.17) is 10.5 Å². The van der Waals surface area contributed by atoms with Gasteiger partial charge in [0.15, 0.2) is 0 Å². The quantitative estimate of drug-likeness (QED) is 0.675. The maximum absolute atomic E-state index is 12.8. The van der Waals surface area contributed by atoms with Gasteiger partial charge in [-0.15, -0.1) is 24.8 Å². The van der Waals surface area contributed by atoms with E-state index in [9.17, 15) is 9.18 Å². The molecular weight excluding hydrogens is 356 g/mol. The Kier molecular flexibility index (Phi) is 9.61. The Morgan fingerprint density at radius 2 is 1.83 bits per heavy atom. The lowest BCUT2D eigenvalue weighted by Gasteiger charge is -2.11. The zero-order chi connectivity index (χ0) is 15.9. The molecule has 4 N–H and O–H groups in total. The van der Waals surface area contributed by atoms with E-state index in [1.54, 1.807) is 37.3 Å². The average Bonchev–Trinajstić information content (AvgIpc) is 2.49. The first-order valence-electron chi connectivity index (χ1n) is 6.90. The van der Waals surface area contributed by atoms with Crippen LogP contribution in [-0.2, 0) is 11.3 Å². The van der Waals surface area contributed by atoms with Gasteiger partial charge in [0.05, 0.1) is 18.0 Å². The van der Waals surface area contributed by atoms with Gasteiger partial charge in [-0.05, 0) is 42.8 Å². The molecule has 0 saturated heterocycles. The van der Waals surface area contributed by atoms with Crippen molar-refractivity contribution >= 4 is 48.0 Å². The first-order chi connectivity index (χ1) is 10.6. The predicted octanol–water partition coefficient (Wildman–Crippen LogP) is 4.43. The molecule has 0 fully saturated rings. The minimum Gasteiger partial charge on any atom is -0.450 e. The Morgan fingerprint density at radius 3 is 2.42 bits per heavy atom. The molecule has 0 saturated carbocycles. The van der Waals surface area contributed by atoms with Crippen molar-refractivity contribution in [2.75, 3.05) is 23.0 Å². The minimum atomic E-state index is -0.541. The van der Waals surface area contributed by atoms with Gasteiger partial charge in [-0.25, -0.2) is 9.18 Å². The number of nitrogen functional groups attached to an aromatic ring is 1. The summed E-state index contributed by atoms with van der Waals surface area (Å²) < 4.78 is 17.6. The summed E-state index contributed by atoms with van der Waals surface area (Å²) in [5, 5.41) is 5.74.